The molecule has 1 unspecified atom stereocenters. The summed E-state index contributed by atoms with van der Waals surface area (Å²) in [6, 6.07) is 19.9. The number of carbonyl (C=O) groups is 4. The van der Waals surface area contributed by atoms with Crippen LogP contribution in [0.1, 0.15) is 121 Å². The minimum atomic E-state index is -1.02. The summed E-state index contributed by atoms with van der Waals surface area (Å²) in [5.41, 5.74) is 10.1. The molecule has 6 heterocycles. The fourth-order valence-corrected chi connectivity index (χ4v) is 11.9. The Morgan fingerprint density at radius 1 is 0.810 bits per heavy atom. The van der Waals surface area contributed by atoms with Crippen LogP contribution in [0.3, 0.4) is 0 Å². The third kappa shape index (κ3) is 12.9. The molecule has 0 aliphatic carbocycles. The number of β-amino-alcohol motifs (C(OH)–C–C–N with tert-alkyl or cyclic N) is 1. The monoisotopic (exact) mass is 1130 g/mol. The van der Waals surface area contributed by atoms with E-state index in [-0.39, 0.29) is 57.4 Å². The minimum absolute atomic E-state index is 0.0462. The number of fused-ring (bicyclic) bond motifs is 3. The lowest BCUT2D eigenvalue weighted by atomic mass is 9.85. The van der Waals surface area contributed by atoms with Gasteiger partial charge in [0.1, 0.15) is 42.4 Å². The molecule has 2 aliphatic rings. The number of benzene rings is 3. The second-order valence-electron chi connectivity index (χ2n) is 21.1. The highest BCUT2D eigenvalue weighted by Gasteiger charge is 2.45. The van der Waals surface area contributed by atoms with E-state index < -0.39 is 47.4 Å². The third-order valence-electron chi connectivity index (χ3n) is 14.2. The zero-order chi connectivity index (χ0) is 56.3. The van der Waals surface area contributed by atoms with Gasteiger partial charge in [0.05, 0.1) is 53.0 Å². The van der Waals surface area contributed by atoms with Crippen molar-refractivity contribution in [1.82, 2.24) is 50.6 Å². The van der Waals surface area contributed by atoms with Crippen LogP contribution >= 0.6 is 34.3 Å². The topological polar surface area (TPSA) is 228 Å². The van der Waals surface area contributed by atoms with Crippen LogP contribution < -0.4 is 16.0 Å². The molecule has 4 amide bonds. The number of aliphatic hydroxyl groups is 1. The number of thiazole rings is 1. The predicted octanol–water partition coefficient (Wildman–Crippen LogP) is 8.82. The van der Waals surface area contributed by atoms with Crippen LogP contribution in [0.15, 0.2) is 95.7 Å². The lowest BCUT2D eigenvalue weighted by Gasteiger charge is -2.35. The molecule has 0 saturated carbocycles. The van der Waals surface area contributed by atoms with E-state index in [1.54, 1.807) is 35.1 Å². The zero-order valence-corrected chi connectivity index (χ0v) is 47.9. The van der Waals surface area contributed by atoms with Gasteiger partial charge in [-0.2, -0.15) is 0 Å². The highest BCUT2D eigenvalue weighted by atomic mass is 35.5. The van der Waals surface area contributed by atoms with Crippen molar-refractivity contribution in [3.63, 3.8) is 0 Å². The fraction of sp³-hybridized carbons (Fsp3) is 0.379. The molecule has 2 aliphatic heterocycles. The van der Waals surface area contributed by atoms with Gasteiger partial charge in [0.2, 0.25) is 23.6 Å². The fourth-order valence-electron chi connectivity index (χ4n) is 9.76. The molecule has 0 spiro atoms. The Morgan fingerprint density at radius 3 is 2.10 bits per heavy atom. The van der Waals surface area contributed by atoms with Gasteiger partial charge >= 0.3 is 0 Å². The summed E-state index contributed by atoms with van der Waals surface area (Å²) in [7, 11) is 0. The second-order valence-corrected chi connectivity index (χ2v) is 23.6. The van der Waals surface area contributed by atoms with Crippen LogP contribution in [0.2, 0.25) is 5.02 Å². The molecular weight excluding hydrogens is 1060 g/mol. The summed E-state index contributed by atoms with van der Waals surface area (Å²) in [5.74, 6) is 0.224. The van der Waals surface area contributed by atoms with E-state index in [0.29, 0.717) is 22.2 Å². The molecule has 4 aromatic heterocycles. The number of ether oxygens (including phenoxy) is 2. The number of hydrogen-bond donors (Lipinski definition) is 4. The summed E-state index contributed by atoms with van der Waals surface area (Å²) in [6.45, 7) is 16.8. The van der Waals surface area contributed by atoms with Gasteiger partial charge < -0.3 is 35.4 Å². The maximum atomic E-state index is 14.1. The first kappa shape index (κ1) is 56.6. The lowest BCUT2D eigenvalue weighted by Crippen LogP contribution is -2.58. The summed E-state index contributed by atoms with van der Waals surface area (Å²) in [4.78, 5) is 77.1. The molecular formula is C58H64ClN11O7S2. The number of nitrogens with one attached hydrogen (secondary N) is 3. The van der Waals surface area contributed by atoms with E-state index in [0.717, 1.165) is 70.9 Å². The van der Waals surface area contributed by atoms with Crippen molar-refractivity contribution in [2.75, 3.05) is 19.9 Å². The van der Waals surface area contributed by atoms with E-state index in [2.05, 4.69) is 54.9 Å². The number of likely N-dealkylation sites (tertiary alicyclic amines) is 1. The van der Waals surface area contributed by atoms with Crippen LogP contribution in [-0.4, -0.2) is 107 Å². The SMILES string of the molecule is Cc1ncsc1-c1ccc([C@H](C)NC(=O)C2C[C@@H](O)CN2C(=O)[C@@H](NC(=O)COCOCc2cnc(-c3ccc([C@H](C)NC(=O)C[C@@H]4N=C(c5ccc(Cl)cc5)c5c(sc(C)c5C)-n5c(C)nnc54)cc3)nc2)C(C)(C)C)cc1. The largest absolute Gasteiger partial charge is 0.391 e. The number of halogens is 1. The molecule has 7 aromatic rings. The van der Waals surface area contributed by atoms with Crippen molar-refractivity contribution < 1.29 is 33.8 Å². The molecule has 6 atom stereocenters. The van der Waals surface area contributed by atoms with Gasteiger partial charge in [0.25, 0.3) is 0 Å². The van der Waals surface area contributed by atoms with E-state index in [1.807, 2.05) is 131 Å². The molecule has 1 fully saturated rings. The van der Waals surface area contributed by atoms with Gasteiger partial charge in [0, 0.05) is 57.5 Å². The number of aliphatic imine (C=N–C) groups is 1. The normalized spacial score (nSPS) is 17.2. The first-order valence-electron chi connectivity index (χ1n) is 26.0. The van der Waals surface area contributed by atoms with Crippen LogP contribution in [0.5, 0.6) is 0 Å². The van der Waals surface area contributed by atoms with Crippen molar-refractivity contribution >= 4 is 63.6 Å². The molecule has 0 bridgehead atoms. The number of thiophene rings is 1. The molecule has 79 heavy (non-hydrogen) atoms. The van der Waals surface area contributed by atoms with Crippen LogP contribution in [0.4, 0.5) is 0 Å². The first-order valence-corrected chi connectivity index (χ1v) is 28.1. The summed E-state index contributed by atoms with van der Waals surface area (Å²) >= 11 is 9.50. The van der Waals surface area contributed by atoms with Crippen molar-refractivity contribution in [2.24, 2.45) is 10.4 Å². The predicted molar refractivity (Wildman–Crippen MR) is 304 cm³/mol. The van der Waals surface area contributed by atoms with Gasteiger partial charge in [-0.05, 0) is 81.3 Å². The van der Waals surface area contributed by atoms with Gasteiger partial charge in [-0.25, -0.2) is 15.0 Å². The number of hydrogen-bond acceptors (Lipinski definition) is 15. The van der Waals surface area contributed by atoms with Crippen LogP contribution in [-0.2, 0) is 35.3 Å². The summed E-state index contributed by atoms with van der Waals surface area (Å²) < 4.78 is 13.2. The van der Waals surface area contributed by atoms with E-state index >= 15 is 0 Å². The molecule has 412 valence electrons. The maximum absolute atomic E-state index is 14.1. The Hall–Kier alpha value is -7.07. The van der Waals surface area contributed by atoms with Gasteiger partial charge in [-0.3, -0.25) is 28.7 Å². The highest BCUT2D eigenvalue weighted by Crippen LogP contribution is 2.40. The smallest absolute Gasteiger partial charge is 0.246 e. The number of carbonyl (C=O) groups excluding carboxylic acids is 4. The minimum Gasteiger partial charge on any atom is -0.391 e. The van der Waals surface area contributed by atoms with Gasteiger partial charge in [-0.1, -0.05) is 93.0 Å². The lowest BCUT2D eigenvalue weighted by molar-refractivity contribution is -0.146. The second kappa shape index (κ2) is 24.1. The molecule has 4 N–H and O–H groups in total. The van der Waals surface area contributed by atoms with Crippen LogP contribution in [0, 0.1) is 33.1 Å². The standard InChI is InChI=1S/C58H64ClN11O7S2/c1-31-35(5)79-57-49(31)50(40-18-20-43(59)21-19-40)65-45(54-68-67-36(6)70(54)57)23-47(72)63-32(2)38-12-16-42(17-13-38)53-60-24-37(25-61-53)27-76-30-77-28-48(73)66-52(58(7,8)9)56(75)69-26-44(71)22-46(69)55(74)64-33(3)39-10-14-41(15-11-39)51-34(4)62-29-78-51/h10-21,24-25,29,32-33,44-46,52,71H,22-23,26-28,30H2,1-9H3,(H,63,72)(H,64,74)(H,66,73)/t32-,33-,44+,45-,46?,52+/m0/s1. The summed E-state index contributed by atoms with van der Waals surface area (Å²) in [6.07, 6.45) is 2.52. The molecule has 1 saturated heterocycles. The Morgan fingerprint density at radius 2 is 1.46 bits per heavy atom. The Labute approximate surface area is 472 Å². The quantitative estimate of drug-likeness (QED) is 0.0467. The van der Waals surface area contributed by atoms with Gasteiger partial charge in [-0.15, -0.1) is 32.9 Å². The number of aryl methyl sites for hydroxylation is 3. The third-order valence-corrected chi connectivity index (χ3v) is 16.6. The number of aromatic nitrogens is 6. The molecule has 9 rings (SSSR count). The van der Waals surface area contributed by atoms with Crippen LogP contribution in [0.25, 0.3) is 26.8 Å². The molecule has 0 radical (unpaired) electrons. The van der Waals surface area contributed by atoms with Crippen molar-refractivity contribution in [3.8, 4) is 26.8 Å². The van der Waals surface area contributed by atoms with Crippen molar-refractivity contribution in [3.05, 3.63) is 151 Å². The molecule has 21 heteroatoms. The number of nitrogens with zero attached hydrogens (tertiary/aromatic N) is 8. The average molecular weight is 1130 g/mol. The van der Waals surface area contributed by atoms with E-state index in [4.69, 9.17) is 26.1 Å². The van der Waals surface area contributed by atoms with E-state index in [1.165, 1.54) is 4.90 Å². The van der Waals surface area contributed by atoms with Crippen molar-refractivity contribution in [2.45, 2.75) is 118 Å². The van der Waals surface area contributed by atoms with E-state index in [9.17, 15) is 24.3 Å². The number of amides is 4. The Balaban J connectivity index is 0.735. The highest BCUT2D eigenvalue weighted by molar-refractivity contribution is 7.15. The Bertz CT molecular complexity index is 3370. The number of aliphatic hydroxyl groups excluding tert-OH is 1. The molecule has 18 nitrogen and oxygen atoms in total. The number of rotatable bonds is 18. The first-order chi connectivity index (χ1) is 37.7. The Kier molecular flexibility index (Phi) is 17.3. The van der Waals surface area contributed by atoms with Crippen molar-refractivity contribution in [1.29, 1.82) is 0 Å². The summed E-state index contributed by atoms with van der Waals surface area (Å²) in [5, 5.41) is 30.2. The molecule has 3 aromatic carbocycles. The van der Waals surface area contributed by atoms with Gasteiger partial charge in [0.15, 0.2) is 11.6 Å². The maximum Gasteiger partial charge on any atom is 0.246 e. The average Bonchev–Trinajstić information content (AvgIpc) is 4.32. The zero-order valence-electron chi connectivity index (χ0n) is 45.5.